The van der Waals surface area contributed by atoms with Crippen LogP contribution in [0.3, 0.4) is 0 Å². The Balaban J connectivity index is 1.44. The highest BCUT2D eigenvalue weighted by atomic mass is 32.1. The number of unbranched alkanes of at least 4 members (excludes halogenated alkanes) is 2. The van der Waals surface area contributed by atoms with Crippen LogP contribution in [0.1, 0.15) is 97.5 Å². The molecule has 2 amide bonds. The van der Waals surface area contributed by atoms with Crippen molar-refractivity contribution in [3.05, 3.63) is 75.7 Å². The number of carbonyl (C=O) groups excluding carboxylic acids is 2. The van der Waals surface area contributed by atoms with Gasteiger partial charge in [-0.3, -0.25) is 19.4 Å². The van der Waals surface area contributed by atoms with Crippen molar-refractivity contribution in [2.45, 2.75) is 101 Å². The number of likely N-dealkylation sites (tertiary alicyclic amines) is 2. The van der Waals surface area contributed by atoms with Gasteiger partial charge in [0.1, 0.15) is 16.4 Å². The molecular formula is C38H43F6N3O7S. The maximum absolute atomic E-state index is 14.9. The van der Waals surface area contributed by atoms with Crippen LogP contribution in [0.15, 0.2) is 54.2 Å². The van der Waals surface area contributed by atoms with Crippen molar-refractivity contribution in [1.29, 1.82) is 0 Å². The van der Waals surface area contributed by atoms with E-state index in [2.05, 4.69) is 4.98 Å². The Morgan fingerprint density at radius 2 is 1.71 bits per heavy atom. The number of thiophene rings is 1. The predicted molar refractivity (Wildman–Crippen MR) is 189 cm³/mol. The molecule has 2 aromatic heterocycles. The second kappa shape index (κ2) is 17.2. The summed E-state index contributed by atoms with van der Waals surface area (Å²) in [7, 11) is 0. The summed E-state index contributed by atoms with van der Waals surface area (Å²) in [5.41, 5.74) is -4.86. The van der Waals surface area contributed by atoms with E-state index in [4.69, 9.17) is 14.6 Å². The number of hydrogen-bond donors (Lipinski definition) is 2. The van der Waals surface area contributed by atoms with E-state index in [0.717, 1.165) is 28.7 Å². The van der Waals surface area contributed by atoms with Crippen LogP contribution in [-0.2, 0) is 27.5 Å². The van der Waals surface area contributed by atoms with Gasteiger partial charge < -0.3 is 29.5 Å². The van der Waals surface area contributed by atoms with Gasteiger partial charge in [-0.1, -0.05) is 31.5 Å². The molecule has 2 atom stereocenters. The fraction of sp³-hybridized carbons (Fsp3) is 0.526. The van der Waals surface area contributed by atoms with Crippen LogP contribution in [-0.4, -0.2) is 80.7 Å². The number of piperidine rings is 2. The molecule has 1 aromatic carbocycles. The standard InChI is InChI=1S/C38H43F6N3O7S/c1-2-9-30-36(54-25-22-31(55-24-25)38(42,43)44,14-8-18-47(30)33(50)26-23-45-17-13-27(26)37(39,40)41)34(51)46-19-15-35(52,16-20-46)28-10-5-6-11-29(28)53-21-7-3-4-12-32(48)49/h5-6,10-11,13,17,22-24,30,52H,2-4,7-9,12,14-16,18-21H2,1H3,(H,48,49). The molecule has 2 saturated heterocycles. The van der Waals surface area contributed by atoms with Gasteiger partial charge in [0.2, 0.25) is 5.60 Å². The van der Waals surface area contributed by atoms with E-state index in [0.29, 0.717) is 54.4 Å². The number of nitrogens with zero attached hydrogens (tertiary/aromatic N) is 3. The van der Waals surface area contributed by atoms with E-state index >= 15 is 0 Å². The highest BCUT2D eigenvalue weighted by Crippen LogP contribution is 2.44. The lowest BCUT2D eigenvalue weighted by molar-refractivity contribution is -0.163. The highest BCUT2D eigenvalue weighted by molar-refractivity contribution is 7.10. The summed E-state index contributed by atoms with van der Waals surface area (Å²) < 4.78 is 95.5. The predicted octanol–water partition coefficient (Wildman–Crippen LogP) is 7.94. The first kappa shape index (κ1) is 41.8. The zero-order chi connectivity index (χ0) is 40.0. The van der Waals surface area contributed by atoms with Crippen molar-refractivity contribution < 1.29 is 60.4 Å². The summed E-state index contributed by atoms with van der Waals surface area (Å²) >= 11 is 0.366. The number of ether oxygens (including phenoxy) is 2. The van der Waals surface area contributed by atoms with Gasteiger partial charge >= 0.3 is 18.3 Å². The quantitative estimate of drug-likeness (QED) is 0.124. The molecule has 300 valence electrons. The highest BCUT2D eigenvalue weighted by Gasteiger charge is 2.56. The average molecular weight is 800 g/mol. The lowest BCUT2D eigenvalue weighted by Gasteiger charge is -2.51. The monoisotopic (exact) mass is 799 g/mol. The number of benzene rings is 1. The number of amides is 2. The smallest absolute Gasteiger partial charge is 0.425 e. The van der Waals surface area contributed by atoms with Crippen molar-refractivity contribution in [1.82, 2.24) is 14.8 Å². The number of aliphatic hydroxyl groups is 1. The topological polar surface area (TPSA) is 130 Å². The minimum absolute atomic E-state index is 0.0188. The number of carboxylic acid groups (broad SMARTS) is 1. The summed E-state index contributed by atoms with van der Waals surface area (Å²) in [6, 6.07) is 7.18. The Hall–Kier alpha value is -4.38. The molecule has 2 unspecified atom stereocenters. The number of rotatable bonds is 14. The van der Waals surface area contributed by atoms with Crippen molar-refractivity contribution in [2.24, 2.45) is 0 Å². The number of para-hydroxylation sites is 1. The Morgan fingerprint density at radius 3 is 2.36 bits per heavy atom. The van der Waals surface area contributed by atoms with Gasteiger partial charge in [0.05, 0.1) is 29.4 Å². The van der Waals surface area contributed by atoms with Crippen LogP contribution in [0, 0.1) is 0 Å². The van der Waals surface area contributed by atoms with Gasteiger partial charge in [-0.2, -0.15) is 26.3 Å². The molecule has 4 heterocycles. The van der Waals surface area contributed by atoms with E-state index in [1.54, 1.807) is 31.2 Å². The summed E-state index contributed by atoms with van der Waals surface area (Å²) in [6.07, 6.45) is -5.54. The Labute approximate surface area is 318 Å². The van der Waals surface area contributed by atoms with Gasteiger partial charge in [-0.25, -0.2) is 0 Å². The van der Waals surface area contributed by atoms with Crippen LogP contribution in [0.4, 0.5) is 26.3 Å². The van der Waals surface area contributed by atoms with Crippen LogP contribution >= 0.6 is 11.3 Å². The summed E-state index contributed by atoms with van der Waals surface area (Å²) in [5.74, 6) is -2.40. The first-order valence-electron chi connectivity index (χ1n) is 18.1. The van der Waals surface area contributed by atoms with Gasteiger partial charge in [0.25, 0.3) is 11.8 Å². The number of carbonyl (C=O) groups is 3. The molecule has 2 aliphatic rings. The van der Waals surface area contributed by atoms with E-state index in [-0.39, 0.29) is 70.5 Å². The number of alkyl halides is 6. The van der Waals surface area contributed by atoms with Crippen LogP contribution in [0.25, 0.3) is 0 Å². The summed E-state index contributed by atoms with van der Waals surface area (Å²) in [4.78, 5) is 45.1. The Kier molecular flexibility index (Phi) is 13.1. The molecular weight excluding hydrogens is 756 g/mol. The molecule has 17 heteroatoms. The maximum Gasteiger partial charge on any atom is 0.425 e. The normalized spacial score (nSPS) is 20.3. The number of halogens is 6. The van der Waals surface area contributed by atoms with Crippen LogP contribution in [0.5, 0.6) is 11.5 Å². The fourth-order valence-electron chi connectivity index (χ4n) is 7.43. The lowest BCUT2D eigenvalue weighted by Crippen LogP contribution is -2.68. The van der Waals surface area contributed by atoms with Crippen LogP contribution < -0.4 is 9.47 Å². The summed E-state index contributed by atoms with van der Waals surface area (Å²) in [6.45, 7) is 1.96. The molecule has 5 rings (SSSR count). The molecule has 10 nitrogen and oxygen atoms in total. The third kappa shape index (κ3) is 9.54. The van der Waals surface area contributed by atoms with Crippen LogP contribution in [0.2, 0.25) is 0 Å². The summed E-state index contributed by atoms with van der Waals surface area (Å²) in [5, 5.41) is 21.9. The second-order valence-corrected chi connectivity index (χ2v) is 14.7. The molecule has 2 N–H and O–H groups in total. The minimum Gasteiger partial charge on any atom is -0.493 e. The number of aliphatic carboxylic acids is 1. The minimum atomic E-state index is -4.89. The molecule has 0 aliphatic carbocycles. The molecule has 2 aliphatic heterocycles. The zero-order valence-electron chi connectivity index (χ0n) is 30.1. The molecule has 0 radical (unpaired) electrons. The van der Waals surface area contributed by atoms with E-state index in [9.17, 15) is 45.8 Å². The number of pyridine rings is 1. The Morgan fingerprint density at radius 1 is 0.982 bits per heavy atom. The molecule has 0 saturated carbocycles. The SMILES string of the molecule is CCCC1N(C(=O)c2cnccc2C(F)(F)F)CCCC1(Oc1csc(C(F)(F)F)c1)C(=O)N1CCC(O)(c2ccccc2OCCCCCC(=O)O)CC1. The third-order valence-electron chi connectivity index (χ3n) is 10.1. The van der Waals surface area contributed by atoms with E-state index in [1.165, 1.54) is 4.90 Å². The largest absolute Gasteiger partial charge is 0.493 e. The van der Waals surface area contributed by atoms with Gasteiger partial charge in [-0.15, -0.1) is 11.3 Å². The van der Waals surface area contributed by atoms with Crippen molar-refractivity contribution >= 4 is 29.1 Å². The third-order valence-corrected chi connectivity index (χ3v) is 11.1. The van der Waals surface area contributed by atoms with Gasteiger partial charge in [0.15, 0.2) is 0 Å². The molecule has 2 fully saturated rings. The molecule has 55 heavy (non-hydrogen) atoms. The number of hydrogen-bond acceptors (Lipinski definition) is 8. The van der Waals surface area contributed by atoms with Crippen molar-refractivity contribution in [3.8, 4) is 11.5 Å². The average Bonchev–Trinajstić information content (AvgIpc) is 3.62. The van der Waals surface area contributed by atoms with E-state index < -0.39 is 63.4 Å². The first-order chi connectivity index (χ1) is 26.0. The molecule has 0 bridgehead atoms. The van der Waals surface area contributed by atoms with Gasteiger partial charge in [0, 0.05) is 61.9 Å². The molecule has 3 aromatic rings. The number of carboxylic acids is 1. The lowest BCUT2D eigenvalue weighted by atomic mass is 9.78. The van der Waals surface area contributed by atoms with E-state index in [1.807, 2.05) is 0 Å². The first-order valence-corrected chi connectivity index (χ1v) is 19.0. The fourth-order valence-corrected chi connectivity index (χ4v) is 8.11. The van der Waals surface area contributed by atoms with Crippen molar-refractivity contribution in [3.63, 3.8) is 0 Å². The number of aromatic nitrogens is 1. The van der Waals surface area contributed by atoms with Crippen molar-refractivity contribution in [2.75, 3.05) is 26.2 Å². The van der Waals surface area contributed by atoms with Gasteiger partial charge in [-0.05, 0) is 57.1 Å². The maximum atomic E-state index is 14.9. The molecule has 0 spiro atoms. The zero-order valence-corrected chi connectivity index (χ0v) is 30.9. The Bertz CT molecular complexity index is 1810. The second-order valence-electron chi connectivity index (χ2n) is 13.8.